The molecule has 0 radical (unpaired) electrons. The smallest absolute Gasteiger partial charge is 0.338 e. The van der Waals surface area contributed by atoms with E-state index < -0.39 is 16.0 Å². The molecule has 0 saturated carbocycles. The monoisotopic (exact) mass is 359 g/mol. The van der Waals surface area contributed by atoms with Crippen molar-refractivity contribution in [1.82, 2.24) is 0 Å². The van der Waals surface area contributed by atoms with Gasteiger partial charge in [-0.15, -0.1) is 0 Å². The van der Waals surface area contributed by atoms with Crippen molar-refractivity contribution in [3.8, 4) is 0 Å². The quantitative estimate of drug-likeness (QED) is 0.648. The van der Waals surface area contributed by atoms with Gasteiger partial charge in [0, 0.05) is 5.56 Å². The fourth-order valence-electron chi connectivity index (χ4n) is 2.82. The molecule has 0 amide bonds. The number of benzene rings is 2. The summed E-state index contributed by atoms with van der Waals surface area (Å²) in [5, 5.41) is 5.00. The Kier molecular flexibility index (Phi) is 4.69. The van der Waals surface area contributed by atoms with Crippen LogP contribution in [0.15, 0.2) is 47.4 Å². The first-order valence-electron chi connectivity index (χ1n) is 7.79. The lowest BCUT2D eigenvalue weighted by Crippen LogP contribution is -2.15. The highest BCUT2D eigenvalue weighted by Gasteiger charge is 2.16. The van der Waals surface area contributed by atoms with E-state index in [9.17, 15) is 18.0 Å². The van der Waals surface area contributed by atoms with Crippen molar-refractivity contribution in [2.75, 3.05) is 6.61 Å². The largest absolute Gasteiger partial charge is 0.454 e. The van der Waals surface area contributed by atoms with Crippen LogP contribution >= 0.6 is 0 Å². The normalized spacial score (nSPS) is 13.3. The maximum Gasteiger partial charge on any atom is 0.338 e. The SMILES string of the molecule is NS(=O)(=O)c1ccc(C(=O)OCC(=O)c2ccc3c(c2)CCC3)cc1. The van der Waals surface area contributed by atoms with E-state index in [2.05, 4.69) is 0 Å². The molecule has 0 saturated heterocycles. The van der Waals surface area contributed by atoms with Gasteiger partial charge in [-0.2, -0.15) is 0 Å². The van der Waals surface area contributed by atoms with Gasteiger partial charge in [0.25, 0.3) is 0 Å². The first kappa shape index (κ1) is 17.3. The van der Waals surface area contributed by atoms with Crippen molar-refractivity contribution in [2.45, 2.75) is 24.2 Å². The molecule has 0 fully saturated rings. The first-order chi connectivity index (χ1) is 11.8. The minimum atomic E-state index is -3.82. The highest BCUT2D eigenvalue weighted by Crippen LogP contribution is 2.23. The maximum atomic E-state index is 12.2. The summed E-state index contributed by atoms with van der Waals surface area (Å²) in [5.41, 5.74) is 3.12. The summed E-state index contributed by atoms with van der Waals surface area (Å²) in [5.74, 6) is -0.973. The third-order valence-electron chi connectivity index (χ3n) is 4.17. The van der Waals surface area contributed by atoms with Gasteiger partial charge in [0.15, 0.2) is 12.4 Å². The van der Waals surface area contributed by atoms with Crippen LogP contribution in [0.25, 0.3) is 0 Å². The van der Waals surface area contributed by atoms with Gasteiger partial charge >= 0.3 is 5.97 Å². The molecule has 2 aromatic rings. The Morgan fingerprint density at radius 2 is 1.60 bits per heavy atom. The van der Waals surface area contributed by atoms with E-state index in [4.69, 9.17) is 9.88 Å². The number of esters is 1. The second-order valence-electron chi connectivity index (χ2n) is 5.91. The van der Waals surface area contributed by atoms with Crippen LogP contribution in [0, 0.1) is 0 Å². The third kappa shape index (κ3) is 3.94. The van der Waals surface area contributed by atoms with E-state index in [1.165, 1.54) is 35.4 Å². The molecular weight excluding hydrogens is 342 g/mol. The Morgan fingerprint density at radius 1 is 0.960 bits per heavy atom. The number of hydrogen-bond acceptors (Lipinski definition) is 5. The Bertz CT molecular complexity index is 932. The summed E-state index contributed by atoms with van der Waals surface area (Å²) >= 11 is 0. The van der Waals surface area contributed by atoms with Gasteiger partial charge in [-0.1, -0.05) is 12.1 Å². The van der Waals surface area contributed by atoms with Gasteiger partial charge in [0.1, 0.15) is 0 Å². The molecule has 3 rings (SSSR count). The topological polar surface area (TPSA) is 104 Å². The zero-order valence-electron chi connectivity index (χ0n) is 13.4. The summed E-state index contributed by atoms with van der Waals surface area (Å²) in [6.07, 6.45) is 3.09. The number of Topliss-reactive ketones (excluding diaryl/α,β-unsaturated/α-hetero) is 1. The molecular formula is C18H17NO5S. The van der Waals surface area contributed by atoms with E-state index in [0.717, 1.165) is 19.3 Å². The molecule has 2 aromatic carbocycles. The number of hydrogen-bond donors (Lipinski definition) is 1. The second kappa shape index (κ2) is 6.78. The van der Waals surface area contributed by atoms with Gasteiger partial charge in [-0.25, -0.2) is 18.4 Å². The molecule has 25 heavy (non-hydrogen) atoms. The predicted molar refractivity (Wildman–Crippen MR) is 90.9 cm³/mol. The number of nitrogens with two attached hydrogens (primary N) is 1. The van der Waals surface area contributed by atoms with E-state index in [-0.39, 0.29) is 22.8 Å². The van der Waals surface area contributed by atoms with E-state index in [0.29, 0.717) is 5.56 Å². The average Bonchev–Trinajstić information content (AvgIpc) is 3.06. The maximum absolute atomic E-state index is 12.2. The van der Waals surface area contributed by atoms with Crippen molar-refractivity contribution < 1.29 is 22.7 Å². The van der Waals surface area contributed by atoms with E-state index in [1.54, 1.807) is 6.07 Å². The molecule has 0 heterocycles. The van der Waals surface area contributed by atoms with Crippen molar-refractivity contribution in [3.05, 3.63) is 64.7 Å². The molecule has 0 unspecified atom stereocenters. The van der Waals surface area contributed by atoms with E-state index >= 15 is 0 Å². The van der Waals surface area contributed by atoms with Crippen LogP contribution in [-0.2, 0) is 27.6 Å². The molecule has 0 spiro atoms. The first-order valence-corrected chi connectivity index (χ1v) is 9.34. The Balaban J connectivity index is 1.63. The van der Waals surface area contributed by atoms with Gasteiger partial charge in [0.2, 0.25) is 10.0 Å². The lowest BCUT2D eigenvalue weighted by molar-refractivity contribution is 0.0474. The van der Waals surface area contributed by atoms with Crippen LogP contribution in [0.3, 0.4) is 0 Å². The average molecular weight is 359 g/mol. The number of sulfonamides is 1. The summed E-state index contributed by atoms with van der Waals surface area (Å²) < 4.78 is 27.4. The molecule has 7 heteroatoms. The molecule has 2 N–H and O–H groups in total. The molecule has 0 atom stereocenters. The summed E-state index contributed by atoms with van der Waals surface area (Å²) in [6, 6.07) is 10.6. The Hall–Kier alpha value is -2.51. The highest BCUT2D eigenvalue weighted by atomic mass is 32.2. The van der Waals surface area contributed by atoms with Crippen molar-refractivity contribution in [2.24, 2.45) is 5.14 Å². The number of ketones is 1. The van der Waals surface area contributed by atoms with Crippen LogP contribution in [0.4, 0.5) is 0 Å². The van der Waals surface area contributed by atoms with Crippen molar-refractivity contribution in [3.63, 3.8) is 0 Å². The number of carbonyl (C=O) groups excluding carboxylic acids is 2. The molecule has 6 nitrogen and oxygen atoms in total. The number of primary sulfonamides is 1. The minimum absolute atomic E-state index is 0.0988. The summed E-state index contributed by atoms with van der Waals surface area (Å²) in [6.45, 7) is -0.367. The van der Waals surface area contributed by atoms with Crippen LogP contribution in [0.2, 0.25) is 0 Å². The van der Waals surface area contributed by atoms with Crippen LogP contribution < -0.4 is 5.14 Å². The summed E-state index contributed by atoms with van der Waals surface area (Å²) in [4.78, 5) is 24.1. The summed E-state index contributed by atoms with van der Waals surface area (Å²) in [7, 11) is -3.82. The molecule has 130 valence electrons. The second-order valence-corrected chi connectivity index (χ2v) is 7.47. The van der Waals surface area contributed by atoms with Gasteiger partial charge in [-0.05, 0) is 60.7 Å². The lowest BCUT2D eigenvalue weighted by Gasteiger charge is -2.07. The Labute approximate surface area is 145 Å². The standard InChI is InChI=1S/C18H17NO5S/c19-25(22,23)16-8-6-13(7-9-16)18(21)24-11-17(20)15-5-4-12-2-1-3-14(12)10-15/h4-10H,1-3,11H2,(H2,19,22,23). The number of carbonyl (C=O) groups is 2. The van der Waals surface area contributed by atoms with Gasteiger partial charge in [-0.3, -0.25) is 4.79 Å². The zero-order valence-corrected chi connectivity index (χ0v) is 14.2. The molecule has 0 bridgehead atoms. The Morgan fingerprint density at radius 3 is 2.28 bits per heavy atom. The van der Waals surface area contributed by atoms with Crippen LogP contribution in [0.1, 0.15) is 38.3 Å². The molecule has 0 aliphatic heterocycles. The molecule has 0 aromatic heterocycles. The number of aryl methyl sites for hydroxylation is 2. The van der Waals surface area contributed by atoms with Gasteiger partial charge < -0.3 is 4.74 Å². The minimum Gasteiger partial charge on any atom is -0.454 e. The number of fused-ring (bicyclic) bond motifs is 1. The fourth-order valence-corrected chi connectivity index (χ4v) is 3.34. The number of rotatable bonds is 5. The number of ether oxygens (including phenoxy) is 1. The van der Waals surface area contributed by atoms with E-state index in [1.807, 2.05) is 12.1 Å². The predicted octanol–water partition coefficient (Wildman–Crippen LogP) is 1.86. The van der Waals surface area contributed by atoms with Crippen molar-refractivity contribution in [1.29, 1.82) is 0 Å². The highest BCUT2D eigenvalue weighted by molar-refractivity contribution is 7.89. The van der Waals surface area contributed by atoms with Gasteiger partial charge in [0.05, 0.1) is 10.5 Å². The lowest BCUT2D eigenvalue weighted by atomic mass is 10.0. The molecule has 1 aliphatic carbocycles. The van der Waals surface area contributed by atoms with Crippen LogP contribution in [0.5, 0.6) is 0 Å². The third-order valence-corrected chi connectivity index (χ3v) is 5.10. The zero-order chi connectivity index (χ0) is 18.0. The molecule has 1 aliphatic rings. The van der Waals surface area contributed by atoms with Crippen LogP contribution in [-0.4, -0.2) is 26.8 Å². The van der Waals surface area contributed by atoms with Crippen molar-refractivity contribution >= 4 is 21.8 Å². The fraction of sp³-hybridized carbons (Fsp3) is 0.222.